The van der Waals surface area contributed by atoms with Crippen molar-refractivity contribution in [3.63, 3.8) is 0 Å². The molecular weight excluding hydrogens is 312 g/mol. The first-order valence-corrected chi connectivity index (χ1v) is 7.65. The van der Waals surface area contributed by atoms with Crippen molar-refractivity contribution >= 4 is 33.6 Å². The summed E-state index contributed by atoms with van der Waals surface area (Å²) in [5.74, 6) is 0.575. The van der Waals surface area contributed by atoms with Gasteiger partial charge in [0.25, 0.3) is 0 Å². The molecule has 0 spiro atoms. The van der Waals surface area contributed by atoms with Crippen molar-refractivity contribution in [2.45, 2.75) is 11.3 Å². The first-order chi connectivity index (χ1) is 8.58. The Bertz CT molecular complexity index is 368. The van der Waals surface area contributed by atoms with Gasteiger partial charge >= 0.3 is 0 Å². The fraction of sp³-hybridized carbons (Fsp3) is 0.462. The van der Waals surface area contributed by atoms with Gasteiger partial charge in [-0.05, 0) is 51.3 Å². The number of rotatable bonds is 7. The summed E-state index contributed by atoms with van der Waals surface area (Å²) in [4.78, 5) is 14.8. The minimum absolute atomic E-state index is 0.0988. The van der Waals surface area contributed by atoms with Crippen LogP contribution in [-0.4, -0.2) is 43.7 Å². The van der Waals surface area contributed by atoms with Crippen molar-refractivity contribution in [3.05, 3.63) is 28.7 Å². The first-order valence-electron chi connectivity index (χ1n) is 5.88. The van der Waals surface area contributed by atoms with E-state index in [-0.39, 0.29) is 5.91 Å². The van der Waals surface area contributed by atoms with Gasteiger partial charge in [-0.15, -0.1) is 11.8 Å². The van der Waals surface area contributed by atoms with Crippen molar-refractivity contribution in [1.82, 2.24) is 10.2 Å². The van der Waals surface area contributed by atoms with Crippen LogP contribution in [0.15, 0.2) is 33.6 Å². The summed E-state index contributed by atoms with van der Waals surface area (Å²) in [6.45, 7) is 1.75. The molecule has 0 bridgehead atoms. The van der Waals surface area contributed by atoms with Crippen LogP contribution < -0.4 is 5.32 Å². The molecule has 0 saturated heterocycles. The predicted molar refractivity (Wildman–Crippen MR) is 81.0 cm³/mol. The molecule has 1 aromatic carbocycles. The monoisotopic (exact) mass is 330 g/mol. The largest absolute Gasteiger partial charge is 0.355 e. The number of amides is 1. The molecule has 0 aliphatic heterocycles. The Kier molecular flexibility index (Phi) is 7.39. The van der Waals surface area contributed by atoms with E-state index in [9.17, 15) is 4.79 Å². The Balaban J connectivity index is 2.15. The Morgan fingerprint density at radius 2 is 2.00 bits per heavy atom. The Labute approximate surface area is 121 Å². The van der Waals surface area contributed by atoms with Gasteiger partial charge < -0.3 is 10.2 Å². The van der Waals surface area contributed by atoms with Gasteiger partial charge in [-0.1, -0.05) is 15.9 Å². The molecule has 0 aromatic heterocycles. The highest BCUT2D eigenvalue weighted by molar-refractivity contribution is 9.10. The third-order valence-electron chi connectivity index (χ3n) is 2.29. The molecule has 1 rings (SSSR count). The molecule has 0 aliphatic rings. The SMILES string of the molecule is CN(C)CCCNC(=O)CSc1ccc(Br)cc1. The van der Waals surface area contributed by atoms with Crippen molar-refractivity contribution in [2.75, 3.05) is 32.9 Å². The second-order valence-electron chi connectivity index (χ2n) is 4.25. The Morgan fingerprint density at radius 3 is 2.61 bits per heavy atom. The fourth-order valence-corrected chi connectivity index (χ4v) is 2.35. The van der Waals surface area contributed by atoms with Crippen LogP contribution in [0.3, 0.4) is 0 Å². The van der Waals surface area contributed by atoms with E-state index in [0.29, 0.717) is 5.75 Å². The normalized spacial score (nSPS) is 10.7. The van der Waals surface area contributed by atoms with Crippen LogP contribution in [0.25, 0.3) is 0 Å². The number of carbonyl (C=O) groups excluding carboxylic acids is 1. The zero-order valence-corrected chi connectivity index (χ0v) is 13.2. The van der Waals surface area contributed by atoms with Gasteiger partial charge in [0.15, 0.2) is 0 Å². The van der Waals surface area contributed by atoms with Crippen LogP contribution in [0.5, 0.6) is 0 Å². The summed E-state index contributed by atoms with van der Waals surface area (Å²) >= 11 is 4.94. The van der Waals surface area contributed by atoms with Crippen molar-refractivity contribution in [2.24, 2.45) is 0 Å². The Morgan fingerprint density at radius 1 is 1.33 bits per heavy atom. The summed E-state index contributed by atoms with van der Waals surface area (Å²) in [5, 5.41) is 2.92. The third kappa shape index (κ3) is 7.03. The Hall–Kier alpha value is -0.520. The van der Waals surface area contributed by atoms with Crippen LogP contribution in [0.4, 0.5) is 0 Å². The number of nitrogens with one attached hydrogen (secondary N) is 1. The molecule has 1 aromatic rings. The van der Waals surface area contributed by atoms with E-state index in [1.807, 2.05) is 38.4 Å². The standard InChI is InChI=1S/C13H19BrN2OS/c1-16(2)9-3-8-15-13(17)10-18-12-6-4-11(14)5-7-12/h4-7H,3,8-10H2,1-2H3,(H,15,17). The number of benzene rings is 1. The predicted octanol–water partition coefficient (Wildman–Crippen LogP) is 2.61. The highest BCUT2D eigenvalue weighted by Crippen LogP contribution is 2.20. The highest BCUT2D eigenvalue weighted by atomic mass is 79.9. The van der Waals surface area contributed by atoms with Crippen molar-refractivity contribution in [1.29, 1.82) is 0 Å². The summed E-state index contributed by atoms with van der Waals surface area (Å²) < 4.78 is 1.06. The molecule has 1 amide bonds. The number of nitrogens with zero attached hydrogens (tertiary/aromatic N) is 1. The van der Waals surface area contributed by atoms with Crippen LogP contribution in [0.1, 0.15) is 6.42 Å². The number of halogens is 1. The molecule has 0 radical (unpaired) electrons. The zero-order chi connectivity index (χ0) is 13.4. The van der Waals surface area contributed by atoms with Gasteiger partial charge in [-0.3, -0.25) is 4.79 Å². The fourth-order valence-electron chi connectivity index (χ4n) is 1.35. The van der Waals surface area contributed by atoms with Crippen LogP contribution in [0, 0.1) is 0 Å². The maximum atomic E-state index is 11.6. The minimum atomic E-state index is 0.0988. The van der Waals surface area contributed by atoms with E-state index in [4.69, 9.17) is 0 Å². The summed E-state index contributed by atoms with van der Waals surface area (Å²) in [6, 6.07) is 7.98. The van der Waals surface area contributed by atoms with Gasteiger partial charge in [0.2, 0.25) is 5.91 Å². The van der Waals surface area contributed by atoms with Gasteiger partial charge in [0.1, 0.15) is 0 Å². The van der Waals surface area contributed by atoms with E-state index in [1.165, 1.54) is 0 Å². The molecule has 0 unspecified atom stereocenters. The molecule has 3 nitrogen and oxygen atoms in total. The van der Waals surface area contributed by atoms with Crippen LogP contribution in [-0.2, 0) is 4.79 Å². The van der Waals surface area contributed by atoms with Crippen molar-refractivity contribution in [3.8, 4) is 0 Å². The van der Waals surface area contributed by atoms with Gasteiger partial charge in [-0.2, -0.15) is 0 Å². The van der Waals surface area contributed by atoms with E-state index in [2.05, 4.69) is 26.1 Å². The molecule has 5 heteroatoms. The zero-order valence-electron chi connectivity index (χ0n) is 10.8. The molecule has 100 valence electrons. The molecule has 0 atom stereocenters. The van der Waals surface area contributed by atoms with E-state index in [1.54, 1.807) is 11.8 Å². The lowest BCUT2D eigenvalue weighted by Gasteiger charge is -2.09. The average molecular weight is 331 g/mol. The van der Waals surface area contributed by atoms with Crippen LogP contribution in [0.2, 0.25) is 0 Å². The highest BCUT2D eigenvalue weighted by Gasteiger charge is 2.02. The number of carbonyl (C=O) groups is 1. The van der Waals surface area contributed by atoms with E-state index >= 15 is 0 Å². The number of hydrogen-bond donors (Lipinski definition) is 1. The lowest BCUT2D eigenvalue weighted by atomic mass is 10.4. The third-order valence-corrected chi connectivity index (χ3v) is 3.83. The van der Waals surface area contributed by atoms with Gasteiger partial charge in [0.05, 0.1) is 5.75 Å². The summed E-state index contributed by atoms with van der Waals surface area (Å²) in [7, 11) is 4.07. The quantitative estimate of drug-likeness (QED) is 0.616. The van der Waals surface area contributed by atoms with Crippen LogP contribution >= 0.6 is 27.7 Å². The smallest absolute Gasteiger partial charge is 0.230 e. The molecule has 0 heterocycles. The lowest BCUT2D eigenvalue weighted by molar-refractivity contribution is -0.118. The molecule has 0 saturated carbocycles. The number of hydrogen-bond acceptors (Lipinski definition) is 3. The second-order valence-corrected chi connectivity index (χ2v) is 6.21. The summed E-state index contributed by atoms with van der Waals surface area (Å²) in [5.41, 5.74) is 0. The van der Waals surface area contributed by atoms with E-state index < -0.39 is 0 Å². The second kappa shape index (κ2) is 8.56. The van der Waals surface area contributed by atoms with Crippen molar-refractivity contribution < 1.29 is 4.79 Å². The van der Waals surface area contributed by atoms with E-state index in [0.717, 1.165) is 28.9 Å². The van der Waals surface area contributed by atoms with Gasteiger partial charge in [0, 0.05) is 15.9 Å². The lowest BCUT2D eigenvalue weighted by Crippen LogP contribution is -2.28. The summed E-state index contributed by atoms with van der Waals surface area (Å²) in [6.07, 6.45) is 0.988. The average Bonchev–Trinajstić information content (AvgIpc) is 2.34. The number of thioether (sulfide) groups is 1. The molecule has 18 heavy (non-hydrogen) atoms. The first kappa shape index (κ1) is 15.5. The maximum absolute atomic E-state index is 11.6. The topological polar surface area (TPSA) is 32.3 Å². The minimum Gasteiger partial charge on any atom is -0.355 e. The van der Waals surface area contributed by atoms with Gasteiger partial charge in [-0.25, -0.2) is 0 Å². The molecule has 0 aliphatic carbocycles. The maximum Gasteiger partial charge on any atom is 0.230 e. The molecular formula is C13H19BrN2OS. The molecule has 1 N–H and O–H groups in total. The molecule has 0 fully saturated rings.